The first-order valence-electron chi connectivity index (χ1n) is 7.22. The van der Waals surface area contributed by atoms with Gasteiger partial charge in [-0.25, -0.2) is 0 Å². The van der Waals surface area contributed by atoms with Crippen molar-refractivity contribution in [3.8, 4) is 5.75 Å². The van der Waals surface area contributed by atoms with Crippen LogP contribution in [0.2, 0.25) is 0 Å². The van der Waals surface area contributed by atoms with E-state index in [4.69, 9.17) is 4.74 Å². The second-order valence-electron chi connectivity index (χ2n) is 5.08. The van der Waals surface area contributed by atoms with Crippen LogP contribution in [-0.2, 0) is 0 Å². The lowest BCUT2D eigenvalue weighted by atomic mass is 10.1. The van der Waals surface area contributed by atoms with Crippen LogP contribution < -0.4 is 10.1 Å². The fourth-order valence-electron chi connectivity index (χ4n) is 2.49. The predicted molar refractivity (Wildman–Crippen MR) is 87.7 cm³/mol. The van der Waals surface area contributed by atoms with Crippen molar-refractivity contribution in [2.24, 2.45) is 0 Å². The highest BCUT2D eigenvalue weighted by atomic mass is 16.5. The zero-order valence-electron chi connectivity index (χ0n) is 12.1. The molecule has 0 spiro atoms. The van der Waals surface area contributed by atoms with Gasteiger partial charge in [0.25, 0.3) is 0 Å². The van der Waals surface area contributed by atoms with E-state index in [0.717, 1.165) is 12.3 Å². The van der Waals surface area contributed by atoms with Crippen LogP contribution in [0.1, 0.15) is 11.7 Å². The Kier molecular flexibility index (Phi) is 4.17. The summed E-state index contributed by atoms with van der Waals surface area (Å²) in [6.45, 7) is 0.775. The molecule has 0 saturated carbocycles. The topological polar surface area (TPSA) is 21.3 Å². The Morgan fingerprint density at radius 2 is 1.57 bits per heavy atom. The lowest BCUT2D eigenvalue weighted by Gasteiger charge is -2.19. The van der Waals surface area contributed by atoms with E-state index < -0.39 is 0 Å². The van der Waals surface area contributed by atoms with Crippen LogP contribution in [0.3, 0.4) is 0 Å². The van der Waals surface area contributed by atoms with Crippen molar-refractivity contribution < 1.29 is 4.74 Å². The number of ether oxygens (including phenoxy) is 1. The molecule has 0 fully saturated rings. The summed E-state index contributed by atoms with van der Waals surface area (Å²) in [5, 5.41) is 5.63. The number of hydrogen-bond donors (Lipinski definition) is 1. The van der Waals surface area contributed by atoms with Gasteiger partial charge in [0, 0.05) is 6.54 Å². The van der Waals surface area contributed by atoms with Crippen LogP contribution in [0, 0.1) is 0 Å². The molecule has 21 heavy (non-hydrogen) atoms. The lowest BCUT2D eigenvalue weighted by molar-refractivity contribution is 0.205. The molecule has 0 saturated heterocycles. The minimum Gasteiger partial charge on any atom is -0.484 e. The van der Waals surface area contributed by atoms with E-state index in [1.165, 1.54) is 16.3 Å². The maximum absolute atomic E-state index is 6.19. The second-order valence-corrected chi connectivity index (χ2v) is 5.08. The van der Waals surface area contributed by atoms with Crippen molar-refractivity contribution in [3.63, 3.8) is 0 Å². The third-order valence-electron chi connectivity index (χ3n) is 3.56. The van der Waals surface area contributed by atoms with Gasteiger partial charge in [-0.15, -0.1) is 0 Å². The van der Waals surface area contributed by atoms with Gasteiger partial charge in [-0.3, -0.25) is 0 Å². The van der Waals surface area contributed by atoms with E-state index in [0.29, 0.717) is 0 Å². The Hall–Kier alpha value is -2.32. The van der Waals surface area contributed by atoms with Crippen molar-refractivity contribution in [3.05, 3.63) is 78.4 Å². The molecule has 3 rings (SSSR count). The Morgan fingerprint density at radius 1 is 0.857 bits per heavy atom. The third kappa shape index (κ3) is 3.23. The molecule has 106 valence electrons. The van der Waals surface area contributed by atoms with Crippen molar-refractivity contribution >= 4 is 10.8 Å². The van der Waals surface area contributed by atoms with Crippen LogP contribution in [0.5, 0.6) is 5.75 Å². The van der Waals surface area contributed by atoms with Crippen LogP contribution >= 0.6 is 0 Å². The van der Waals surface area contributed by atoms with Crippen molar-refractivity contribution in [2.45, 2.75) is 6.10 Å². The molecule has 0 radical (unpaired) electrons. The number of nitrogens with one attached hydrogen (secondary N) is 1. The summed E-state index contributed by atoms with van der Waals surface area (Å²) in [6.07, 6.45) is 0.0114. The molecular formula is C19H19NO. The predicted octanol–water partition coefficient (Wildman–Crippen LogP) is 4.18. The van der Waals surface area contributed by atoms with Gasteiger partial charge in [0.2, 0.25) is 0 Å². The lowest BCUT2D eigenvalue weighted by Crippen LogP contribution is -2.21. The number of likely N-dealkylation sites (N-methyl/N-ethyl adjacent to an activating group) is 1. The molecule has 0 aliphatic rings. The molecule has 0 aliphatic heterocycles. The minimum absolute atomic E-state index is 0.0114. The average Bonchev–Trinajstić information content (AvgIpc) is 2.55. The molecule has 0 aromatic heterocycles. The first-order valence-corrected chi connectivity index (χ1v) is 7.22. The van der Waals surface area contributed by atoms with Gasteiger partial charge in [0.1, 0.15) is 11.9 Å². The summed E-state index contributed by atoms with van der Waals surface area (Å²) in [5.74, 6) is 0.901. The monoisotopic (exact) mass is 277 g/mol. The van der Waals surface area contributed by atoms with Crippen LogP contribution in [-0.4, -0.2) is 13.6 Å². The molecule has 0 bridgehead atoms. The fraction of sp³-hybridized carbons (Fsp3) is 0.158. The molecule has 1 atom stereocenters. The third-order valence-corrected chi connectivity index (χ3v) is 3.56. The quantitative estimate of drug-likeness (QED) is 0.755. The van der Waals surface area contributed by atoms with E-state index in [1.54, 1.807) is 0 Å². The number of fused-ring (bicyclic) bond motifs is 1. The van der Waals surface area contributed by atoms with Gasteiger partial charge >= 0.3 is 0 Å². The van der Waals surface area contributed by atoms with E-state index >= 15 is 0 Å². The first kappa shape index (κ1) is 13.7. The van der Waals surface area contributed by atoms with E-state index in [9.17, 15) is 0 Å². The Morgan fingerprint density at radius 3 is 2.33 bits per heavy atom. The smallest absolute Gasteiger partial charge is 0.136 e. The van der Waals surface area contributed by atoms with E-state index in [-0.39, 0.29) is 6.10 Å². The van der Waals surface area contributed by atoms with Gasteiger partial charge < -0.3 is 10.1 Å². The molecule has 3 aromatic carbocycles. The largest absolute Gasteiger partial charge is 0.484 e. The number of hydrogen-bond acceptors (Lipinski definition) is 2. The minimum atomic E-state index is 0.0114. The van der Waals surface area contributed by atoms with Gasteiger partial charge in [-0.1, -0.05) is 60.7 Å². The summed E-state index contributed by atoms with van der Waals surface area (Å²) >= 11 is 0. The molecule has 2 nitrogen and oxygen atoms in total. The van der Waals surface area contributed by atoms with Crippen LogP contribution in [0.4, 0.5) is 0 Å². The zero-order chi connectivity index (χ0) is 14.5. The maximum atomic E-state index is 6.19. The van der Waals surface area contributed by atoms with Gasteiger partial charge in [-0.2, -0.15) is 0 Å². The van der Waals surface area contributed by atoms with Gasteiger partial charge in [-0.05, 0) is 35.5 Å². The SMILES string of the molecule is CNCC(Oc1ccc2ccccc2c1)c1ccccc1. The Bertz CT molecular complexity index is 709. The maximum Gasteiger partial charge on any atom is 0.136 e. The number of rotatable bonds is 5. The summed E-state index contributed by atoms with van der Waals surface area (Å²) in [7, 11) is 1.94. The van der Waals surface area contributed by atoms with Crippen molar-refractivity contribution in [1.82, 2.24) is 5.32 Å². The first-order chi connectivity index (χ1) is 10.4. The fourth-order valence-corrected chi connectivity index (χ4v) is 2.49. The van der Waals surface area contributed by atoms with Gasteiger partial charge in [0.05, 0.1) is 0 Å². The number of benzene rings is 3. The Labute approximate surface area is 125 Å². The van der Waals surface area contributed by atoms with E-state index in [1.807, 2.05) is 37.4 Å². The van der Waals surface area contributed by atoms with Crippen LogP contribution in [0.15, 0.2) is 72.8 Å². The molecule has 0 aliphatic carbocycles. The van der Waals surface area contributed by atoms with E-state index in [2.05, 4.69) is 47.8 Å². The van der Waals surface area contributed by atoms with Crippen LogP contribution in [0.25, 0.3) is 10.8 Å². The molecule has 1 N–H and O–H groups in total. The highest BCUT2D eigenvalue weighted by molar-refractivity contribution is 5.83. The molecule has 3 aromatic rings. The summed E-state index contributed by atoms with van der Waals surface area (Å²) in [5.41, 5.74) is 1.18. The highest BCUT2D eigenvalue weighted by Gasteiger charge is 2.12. The van der Waals surface area contributed by atoms with Crippen molar-refractivity contribution in [2.75, 3.05) is 13.6 Å². The highest BCUT2D eigenvalue weighted by Crippen LogP contribution is 2.25. The summed E-state index contributed by atoms with van der Waals surface area (Å²) < 4.78 is 6.19. The van der Waals surface area contributed by atoms with Gasteiger partial charge in [0.15, 0.2) is 0 Å². The normalized spacial score (nSPS) is 12.2. The Balaban J connectivity index is 1.87. The molecule has 0 amide bonds. The van der Waals surface area contributed by atoms with Crippen molar-refractivity contribution in [1.29, 1.82) is 0 Å². The summed E-state index contributed by atoms with van der Waals surface area (Å²) in [4.78, 5) is 0. The molecule has 0 heterocycles. The summed E-state index contributed by atoms with van der Waals surface area (Å²) in [6, 6.07) is 24.9. The molecule has 1 unspecified atom stereocenters. The second kappa shape index (κ2) is 6.42. The molecular weight excluding hydrogens is 258 g/mol. The zero-order valence-corrected chi connectivity index (χ0v) is 12.1. The molecule has 2 heteroatoms. The average molecular weight is 277 g/mol. The standard InChI is InChI=1S/C19H19NO/c1-20-14-19(16-8-3-2-4-9-16)21-18-12-11-15-7-5-6-10-17(15)13-18/h2-13,19-20H,14H2,1H3.